The van der Waals surface area contributed by atoms with Crippen LogP contribution in [0.15, 0.2) is 24.3 Å². The first-order valence-electron chi connectivity index (χ1n) is 5.99. The maximum Gasteiger partial charge on any atom is -0.0313 e. The summed E-state index contributed by atoms with van der Waals surface area (Å²) in [5.41, 5.74) is 1.63. The Hall–Kier alpha value is -0.520. The third-order valence-corrected chi connectivity index (χ3v) is 2.54. The molecule has 0 saturated carbocycles. The lowest BCUT2D eigenvalue weighted by Gasteiger charge is -2.06. The highest BCUT2D eigenvalue weighted by atomic mass is 14.0. The third-order valence-electron chi connectivity index (χ3n) is 2.54. The Morgan fingerprint density at radius 3 is 2.50 bits per heavy atom. The average molecular weight is 194 g/mol. The summed E-state index contributed by atoms with van der Waals surface area (Å²) in [5.74, 6) is 0.848. The summed E-state index contributed by atoms with van der Waals surface area (Å²) in [5, 5.41) is 0. The summed E-state index contributed by atoms with van der Waals surface area (Å²) in [6.07, 6.45) is 11.9. The molecule has 0 N–H and O–H groups in total. The van der Waals surface area contributed by atoms with Crippen LogP contribution in [0.2, 0.25) is 0 Å². The Bertz CT molecular complexity index is 163. The van der Waals surface area contributed by atoms with Crippen LogP contribution in [-0.2, 0) is 0 Å². The van der Waals surface area contributed by atoms with Crippen LogP contribution in [0.25, 0.3) is 0 Å². The normalized spacial score (nSPS) is 12.1. The van der Waals surface area contributed by atoms with Crippen LogP contribution >= 0.6 is 0 Å². The molecule has 0 amide bonds. The van der Waals surface area contributed by atoms with Gasteiger partial charge in [-0.05, 0) is 38.0 Å². The van der Waals surface area contributed by atoms with Gasteiger partial charge in [-0.3, -0.25) is 0 Å². The lowest BCUT2D eigenvalue weighted by Crippen LogP contribution is -1.89. The van der Waals surface area contributed by atoms with Gasteiger partial charge in [0.1, 0.15) is 0 Å². The molecule has 0 atom stereocenters. The van der Waals surface area contributed by atoms with Crippen LogP contribution in [0.5, 0.6) is 0 Å². The van der Waals surface area contributed by atoms with Gasteiger partial charge < -0.3 is 0 Å². The highest BCUT2D eigenvalue weighted by Crippen LogP contribution is 2.15. The van der Waals surface area contributed by atoms with E-state index < -0.39 is 0 Å². The predicted octanol–water partition coefficient (Wildman–Crippen LogP) is 5.12. The van der Waals surface area contributed by atoms with Gasteiger partial charge in [0.2, 0.25) is 0 Å². The van der Waals surface area contributed by atoms with Crippen LogP contribution < -0.4 is 0 Å². The van der Waals surface area contributed by atoms with E-state index in [4.69, 9.17) is 0 Å². The molecule has 0 heterocycles. The van der Waals surface area contributed by atoms with Crippen molar-refractivity contribution in [1.29, 1.82) is 0 Å². The lowest BCUT2D eigenvalue weighted by atomic mass is 10.0. The average Bonchev–Trinajstić information content (AvgIpc) is 2.15. The van der Waals surface area contributed by atoms with Crippen molar-refractivity contribution in [2.24, 2.45) is 5.92 Å². The number of hydrogen-bond acceptors (Lipinski definition) is 0. The van der Waals surface area contributed by atoms with E-state index in [-0.39, 0.29) is 0 Å². The van der Waals surface area contributed by atoms with Crippen LogP contribution in [-0.4, -0.2) is 0 Å². The fourth-order valence-electron chi connectivity index (χ4n) is 1.57. The van der Waals surface area contributed by atoms with Gasteiger partial charge >= 0.3 is 0 Å². The molecule has 0 aromatic carbocycles. The van der Waals surface area contributed by atoms with Gasteiger partial charge in [0.15, 0.2) is 0 Å². The molecule has 0 aromatic rings. The van der Waals surface area contributed by atoms with Crippen LogP contribution in [0, 0.1) is 5.92 Å². The summed E-state index contributed by atoms with van der Waals surface area (Å²) in [6, 6.07) is 0. The Morgan fingerprint density at radius 2 is 2.00 bits per heavy atom. The van der Waals surface area contributed by atoms with Crippen molar-refractivity contribution in [2.75, 3.05) is 0 Å². The monoisotopic (exact) mass is 194 g/mol. The molecule has 0 heteroatoms. The number of rotatable bonds is 8. The van der Waals surface area contributed by atoms with Gasteiger partial charge in [0.05, 0.1) is 0 Å². The van der Waals surface area contributed by atoms with Gasteiger partial charge in [-0.2, -0.15) is 0 Å². The molecular weight excluding hydrogens is 168 g/mol. The molecule has 0 bridgehead atoms. The highest BCUT2D eigenvalue weighted by molar-refractivity contribution is 5.01. The van der Waals surface area contributed by atoms with Crippen LogP contribution in [0.4, 0.5) is 0 Å². The summed E-state index contributed by atoms with van der Waals surface area (Å²) in [7, 11) is 0. The number of hydrogen-bond donors (Lipinski definition) is 0. The standard InChI is InChI=1S/C14H26/c1-5-7-8-11-14(6-2)12-9-10-13(3)4/h5,11,13H,1,6-10,12H2,2-4H3/b14-11+. The zero-order chi connectivity index (χ0) is 10.8. The lowest BCUT2D eigenvalue weighted by molar-refractivity contribution is 0.551. The highest BCUT2D eigenvalue weighted by Gasteiger charge is 1.97. The van der Waals surface area contributed by atoms with E-state index in [2.05, 4.69) is 33.4 Å². The molecule has 0 saturated heterocycles. The summed E-state index contributed by atoms with van der Waals surface area (Å²) >= 11 is 0. The first-order valence-corrected chi connectivity index (χ1v) is 5.99. The maximum atomic E-state index is 3.74. The molecule has 0 rings (SSSR count). The molecule has 0 aliphatic rings. The minimum absolute atomic E-state index is 0.848. The van der Waals surface area contributed by atoms with E-state index in [9.17, 15) is 0 Å². The summed E-state index contributed by atoms with van der Waals surface area (Å²) < 4.78 is 0. The van der Waals surface area contributed by atoms with Crippen molar-refractivity contribution >= 4 is 0 Å². The van der Waals surface area contributed by atoms with Crippen LogP contribution in [0.1, 0.15) is 59.3 Å². The Balaban J connectivity index is 3.66. The van der Waals surface area contributed by atoms with Gasteiger partial charge in [-0.25, -0.2) is 0 Å². The second-order valence-corrected chi connectivity index (χ2v) is 4.37. The SMILES string of the molecule is C=CCC/C=C(\CC)CCCC(C)C. The molecule has 14 heavy (non-hydrogen) atoms. The van der Waals surface area contributed by atoms with Gasteiger partial charge in [0.25, 0.3) is 0 Å². The molecule has 0 spiro atoms. The molecule has 0 fully saturated rings. The van der Waals surface area contributed by atoms with Crippen LogP contribution in [0.3, 0.4) is 0 Å². The Morgan fingerprint density at radius 1 is 1.29 bits per heavy atom. The molecule has 0 radical (unpaired) electrons. The third kappa shape index (κ3) is 8.10. The van der Waals surface area contributed by atoms with Crippen molar-refractivity contribution in [3.63, 3.8) is 0 Å². The largest absolute Gasteiger partial charge is 0.103 e. The summed E-state index contributed by atoms with van der Waals surface area (Å²) in [4.78, 5) is 0. The van der Waals surface area contributed by atoms with E-state index in [0.717, 1.165) is 12.3 Å². The predicted molar refractivity (Wildman–Crippen MR) is 66.5 cm³/mol. The smallest absolute Gasteiger partial charge is 0.0313 e. The topological polar surface area (TPSA) is 0 Å². The van der Waals surface area contributed by atoms with Crippen molar-refractivity contribution in [2.45, 2.75) is 59.3 Å². The van der Waals surface area contributed by atoms with Crippen molar-refractivity contribution in [3.05, 3.63) is 24.3 Å². The number of allylic oxidation sites excluding steroid dienone is 3. The van der Waals surface area contributed by atoms with Gasteiger partial charge in [-0.1, -0.05) is 44.9 Å². The van der Waals surface area contributed by atoms with Gasteiger partial charge in [0, 0.05) is 0 Å². The maximum absolute atomic E-state index is 3.74. The molecule has 0 nitrogen and oxygen atoms in total. The second kappa shape index (κ2) is 9.05. The Labute approximate surface area is 90.1 Å². The fraction of sp³-hybridized carbons (Fsp3) is 0.714. The van der Waals surface area contributed by atoms with Crippen molar-refractivity contribution in [1.82, 2.24) is 0 Å². The molecule has 0 aliphatic heterocycles. The van der Waals surface area contributed by atoms with E-state index in [1.54, 1.807) is 5.57 Å². The molecular formula is C14H26. The quantitative estimate of drug-likeness (QED) is 0.372. The summed E-state index contributed by atoms with van der Waals surface area (Å²) in [6.45, 7) is 10.6. The Kier molecular flexibility index (Phi) is 8.72. The van der Waals surface area contributed by atoms with Crippen molar-refractivity contribution < 1.29 is 0 Å². The van der Waals surface area contributed by atoms with Gasteiger partial charge in [-0.15, -0.1) is 6.58 Å². The zero-order valence-electron chi connectivity index (χ0n) is 10.2. The van der Waals surface area contributed by atoms with E-state index in [0.29, 0.717) is 0 Å². The molecule has 82 valence electrons. The van der Waals surface area contributed by atoms with E-state index in [1.165, 1.54) is 32.1 Å². The van der Waals surface area contributed by atoms with E-state index >= 15 is 0 Å². The van der Waals surface area contributed by atoms with E-state index in [1.807, 2.05) is 6.08 Å². The minimum atomic E-state index is 0.848. The first-order chi connectivity index (χ1) is 6.70. The van der Waals surface area contributed by atoms with Crippen molar-refractivity contribution in [3.8, 4) is 0 Å². The molecule has 0 aliphatic carbocycles. The second-order valence-electron chi connectivity index (χ2n) is 4.37. The minimum Gasteiger partial charge on any atom is -0.103 e. The zero-order valence-corrected chi connectivity index (χ0v) is 10.2. The fourth-order valence-corrected chi connectivity index (χ4v) is 1.57. The number of unbranched alkanes of at least 4 members (excludes halogenated alkanes) is 1. The molecule has 0 aromatic heterocycles. The first kappa shape index (κ1) is 13.5. The molecule has 0 unspecified atom stereocenters.